The van der Waals surface area contributed by atoms with Gasteiger partial charge in [-0.05, 0) is 37.6 Å². The number of carboxylic acid groups (broad SMARTS) is 1. The monoisotopic (exact) mass is 373 g/mol. The van der Waals surface area contributed by atoms with E-state index < -0.39 is 18.0 Å². The fourth-order valence-electron chi connectivity index (χ4n) is 3.72. The number of nitriles is 1. The van der Waals surface area contributed by atoms with Crippen LogP contribution in [0.3, 0.4) is 0 Å². The molecule has 1 aromatic rings. The molecule has 0 aliphatic carbocycles. The number of benzene rings is 1. The van der Waals surface area contributed by atoms with Gasteiger partial charge in [-0.25, -0.2) is 19.0 Å². The highest BCUT2D eigenvalue weighted by atomic mass is 19.1. The Hall–Kier alpha value is -3.15. The van der Waals surface area contributed by atoms with Gasteiger partial charge in [-0.3, -0.25) is 0 Å². The van der Waals surface area contributed by atoms with Gasteiger partial charge in [0.15, 0.2) is 0 Å². The van der Waals surface area contributed by atoms with Crippen LogP contribution in [-0.2, 0) is 0 Å². The second-order valence-electron chi connectivity index (χ2n) is 6.85. The van der Waals surface area contributed by atoms with Gasteiger partial charge in [-0.2, -0.15) is 10.4 Å². The van der Waals surface area contributed by atoms with Gasteiger partial charge in [0.05, 0.1) is 17.7 Å². The van der Waals surface area contributed by atoms with E-state index in [1.165, 1.54) is 16.0 Å². The summed E-state index contributed by atoms with van der Waals surface area (Å²) in [5.74, 6) is -0.542. The Morgan fingerprint density at radius 3 is 2.52 bits per heavy atom. The standard InChI is InChI=1S/C18H20FN5O3/c1-11-9-22(18(26)27)10-12(2)23(11)17(25)24-16(3-4-21-24)14-5-13(8-20)6-15(19)7-14/h4-7,11-12,16H,3,9-10H2,1-2H3,(H,26,27)/t11-,12+,16?. The maximum atomic E-state index is 13.8. The molecule has 1 N–H and O–H groups in total. The lowest BCUT2D eigenvalue weighted by Gasteiger charge is -2.44. The predicted molar refractivity (Wildman–Crippen MR) is 94.6 cm³/mol. The van der Waals surface area contributed by atoms with E-state index in [1.807, 2.05) is 6.07 Å². The van der Waals surface area contributed by atoms with Gasteiger partial charge in [-0.15, -0.1) is 0 Å². The summed E-state index contributed by atoms with van der Waals surface area (Å²) in [6, 6.07) is 4.40. The molecule has 142 valence electrons. The minimum atomic E-state index is -1.01. The van der Waals surface area contributed by atoms with E-state index in [4.69, 9.17) is 5.26 Å². The number of halogens is 1. The highest BCUT2D eigenvalue weighted by molar-refractivity contribution is 5.79. The first-order chi connectivity index (χ1) is 12.8. The van der Waals surface area contributed by atoms with Crippen molar-refractivity contribution < 1.29 is 19.1 Å². The van der Waals surface area contributed by atoms with Crippen molar-refractivity contribution in [3.63, 3.8) is 0 Å². The molecule has 27 heavy (non-hydrogen) atoms. The summed E-state index contributed by atoms with van der Waals surface area (Å²) in [4.78, 5) is 27.3. The van der Waals surface area contributed by atoms with Gasteiger partial charge in [0, 0.05) is 37.8 Å². The van der Waals surface area contributed by atoms with Crippen LogP contribution in [0, 0.1) is 17.1 Å². The molecule has 2 heterocycles. The smallest absolute Gasteiger partial charge is 0.407 e. The van der Waals surface area contributed by atoms with Crippen molar-refractivity contribution in [2.45, 2.75) is 38.4 Å². The maximum Gasteiger partial charge on any atom is 0.407 e. The first-order valence-electron chi connectivity index (χ1n) is 8.64. The number of rotatable bonds is 1. The van der Waals surface area contributed by atoms with Crippen LogP contribution in [0.2, 0.25) is 0 Å². The molecule has 3 amide bonds. The van der Waals surface area contributed by atoms with Crippen molar-refractivity contribution in [2.24, 2.45) is 5.10 Å². The van der Waals surface area contributed by atoms with E-state index in [0.29, 0.717) is 12.0 Å². The van der Waals surface area contributed by atoms with Gasteiger partial charge >= 0.3 is 12.1 Å². The lowest BCUT2D eigenvalue weighted by Crippen LogP contribution is -2.61. The molecule has 0 radical (unpaired) electrons. The molecule has 2 aliphatic heterocycles. The van der Waals surface area contributed by atoms with E-state index in [0.717, 1.165) is 6.07 Å². The molecular weight excluding hydrogens is 353 g/mol. The van der Waals surface area contributed by atoms with Gasteiger partial charge in [0.1, 0.15) is 5.82 Å². The van der Waals surface area contributed by atoms with Crippen molar-refractivity contribution in [3.05, 3.63) is 35.1 Å². The summed E-state index contributed by atoms with van der Waals surface area (Å²) >= 11 is 0. The van der Waals surface area contributed by atoms with Crippen LogP contribution in [-0.4, -0.2) is 63.4 Å². The van der Waals surface area contributed by atoms with Crippen LogP contribution in [0.4, 0.5) is 14.0 Å². The molecule has 1 saturated heterocycles. The third-order valence-corrected chi connectivity index (χ3v) is 4.87. The minimum Gasteiger partial charge on any atom is -0.465 e. The summed E-state index contributed by atoms with van der Waals surface area (Å²) in [6.07, 6.45) is 0.988. The molecule has 1 unspecified atom stereocenters. The van der Waals surface area contributed by atoms with Crippen molar-refractivity contribution >= 4 is 18.3 Å². The number of amides is 3. The van der Waals surface area contributed by atoms with Crippen LogP contribution >= 0.6 is 0 Å². The number of hydrazone groups is 1. The zero-order valence-corrected chi connectivity index (χ0v) is 15.0. The van der Waals surface area contributed by atoms with Crippen LogP contribution in [0.5, 0.6) is 0 Å². The van der Waals surface area contributed by atoms with E-state index in [2.05, 4.69) is 5.10 Å². The first kappa shape index (κ1) is 18.6. The third kappa shape index (κ3) is 3.56. The summed E-state index contributed by atoms with van der Waals surface area (Å²) < 4.78 is 13.8. The maximum absolute atomic E-state index is 13.8. The number of nitrogens with zero attached hydrogens (tertiary/aromatic N) is 5. The van der Waals surface area contributed by atoms with Crippen molar-refractivity contribution in [1.82, 2.24) is 14.8 Å². The molecule has 1 fully saturated rings. The van der Waals surface area contributed by atoms with E-state index in [9.17, 15) is 19.1 Å². The molecule has 9 heteroatoms. The molecule has 8 nitrogen and oxygen atoms in total. The third-order valence-electron chi connectivity index (χ3n) is 4.87. The summed E-state index contributed by atoms with van der Waals surface area (Å²) in [5, 5.41) is 23.7. The highest BCUT2D eigenvalue weighted by Gasteiger charge is 2.40. The molecule has 0 bridgehead atoms. The first-order valence-corrected chi connectivity index (χ1v) is 8.64. The lowest BCUT2D eigenvalue weighted by molar-refractivity contribution is 0.0436. The molecule has 0 saturated carbocycles. The molecule has 0 spiro atoms. The fraction of sp³-hybridized carbons (Fsp3) is 0.444. The second kappa shape index (κ2) is 7.23. The highest BCUT2D eigenvalue weighted by Crippen LogP contribution is 2.32. The Morgan fingerprint density at radius 1 is 1.26 bits per heavy atom. The molecular formula is C18H20FN5O3. The molecule has 3 atom stereocenters. The minimum absolute atomic E-state index is 0.182. The fourth-order valence-corrected chi connectivity index (χ4v) is 3.72. The Labute approximate surface area is 156 Å². The van der Waals surface area contributed by atoms with E-state index >= 15 is 0 Å². The summed E-state index contributed by atoms with van der Waals surface area (Å²) in [6.45, 7) is 4.00. The Balaban J connectivity index is 1.84. The number of hydrogen-bond acceptors (Lipinski definition) is 4. The van der Waals surface area contributed by atoms with Crippen molar-refractivity contribution in [3.8, 4) is 6.07 Å². The Kier molecular flexibility index (Phi) is 4.99. The normalized spacial score (nSPS) is 24.8. The van der Waals surface area contributed by atoms with Crippen molar-refractivity contribution in [1.29, 1.82) is 5.26 Å². The van der Waals surface area contributed by atoms with Crippen LogP contribution in [0.1, 0.15) is 37.4 Å². The summed E-state index contributed by atoms with van der Waals surface area (Å²) in [5.41, 5.74) is 0.683. The number of carbonyl (C=O) groups is 2. The molecule has 2 aliphatic rings. The number of urea groups is 1. The quantitative estimate of drug-likeness (QED) is 0.818. The van der Waals surface area contributed by atoms with Crippen molar-refractivity contribution in [2.75, 3.05) is 13.1 Å². The van der Waals surface area contributed by atoms with Gasteiger partial charge < -0.3 is 14.9 Å². The molecule has 0 aromatic heterocycles. The van der Waals surface area contributed by atoms with Crippen LogP contribution in [0.25, 0.3) is 0 Å². The van der Waals surface area contributed by atoms with Gasteiger partial charge in [-0.1, -0.05) is 0 Å². The average molecular weight is 373 g/mol. The SMILES string of the molecule is C[C@@H]1CN(C(=O)O)C[C@H](C)N1C(=O)N1N=CCC1c1cc(F)cc(C#N)c1. The zero-order chi connectivity index (χ0) is 19.7. The number of carbonyl (C=O) groups excluding carboxylic acids is 1. The molecule has 3 rings (SSSR count). The van der Waals surface area contributed by atoms with Crippen LogP contribution < -0.4 is 0 Å². The lowest BCUT2D eigenvalue weighted by atomic mass is 10.0. The number of hydrogen-bond donors (Lipinski definition) is 1. The van der Waals surface area contributed by atoms with Gasteiger partial charge in [0.25, 0.3) is 0 Å². The Morgan fingerprint density at radius 2 is 1.93 bits per heavy atom. The van der Waals surface area contributed by atoms with Gasteiger partial charge in [0.2, 0.25) is 0 Å². The average Bonchev–Trinajstić information content (AvgIpc) is 3.10. The topological polar surface area (TPSA) is 100 Å². The predicted octanol–water partition coefficient (Wildman–Crippen LogP) is 2.62. The Bertz CT molecular complexity index is 825. The van der Waals surface area contributed by atoms with E-state index in [1.54, 1.807) is 31.0 Å². The van der Waals surface area contributed by atoms with Crippen LogP contribution in [0.15, 0.2) is 23.3 Å². The van der Waals surface area contributed by atoms with E-state index in [-0.39, 0.29) is 36.8 Å². The zero-order valence-electron chi connectivity index (χ0n) is 15.0. The molecule has 1 aromatic carbocycles. The largest absolute Gasteiger partial charge is 0.465 e. The number of piperazine rings is 1. The second-order valence-corrected chi connectivity index (χ2v) is 6.85. The summed E-state index contributed by atoms with van der Waals surface area (Å²) in [7, 11) is 0.